The Hall–Kier alpha value is -2.35. The van der Waals surface area contributed by atoms with Gasteiger partial charge in [-0.25, -0.2) is 4.98 Å². The fourth-order valence-corrected chi connectivity index (χ4v) is 3.60. The molecule has 2 aromatic rings. The third-order valence-electron chi connectivity index (χ3n) is 3.65. The number of hydrogen-bond acceptors (Lipinski definition) is 7. The Kier molecular flexibility index (Phi) is 5.28. The zero-order chi connectivity index (χ0) is 18.0. The first kappa shape index (κ1) is 18.0. The molecular weight excluding hydrogens is 330 g/mol. The van der Waals surface area contributed by atoms with E-state index >= 15 is 0 Å². The zero-order valence-corrected chi connectivity index (χ0v) is 15.2. The van der Waals surface area contributed by atoms with Crippen molar-refractivity contribution in [1.82, 2.24) is 9.97 Å². The maximum absolute atomic E-state index is 12.4. The smallest absolute Gasteiger partial charge is 0.306 e. The number of pyridine rings is 1. The molecule has 0 amide bonds. The van der Waals surface area contributed by atoms with Crippen molar-refractivity contribution in [3.05, 3.63) is 38.2 Å². The molecule has 0 spiro atoms. The molecule has 1 atom stereocenters. The first-order valence-corrected chi connectivity index (χ1v) is 8.20. The van der Waals surface area contributed by atoms with E-state index in [4.69, 9.17) is 4.74 Å². The molecule has 0 aromatic carbocycles. The second-order valence-electron chi connectivity index (χ2n) is 5.75. The molecular formula is C16H21N3O4S. The minimum atomic E-state index is -0.618. The number of aromatic amines is 1. The lowest BCUT2D eigenvalue weighted by Crippen LogP contribution is -2.20. The van der Waals surface area contributed by atoms with Crippen molar-refractivity contribution < 1.29 is 14.6 Å². The third-order valence-corrected chi connectivity index (χ3v) is 5.09. The number of aromatic hydroxyl groups is 1. The van der Waals surface area contributed by atoms with Crippen LogP contribution in [0.5, 0.6) is 5.75 Å². The van der Waals surface area contributed by atoms with E-state index in [2.05, 4.69) is 9.97 Å². The largest absolute Gasteiger partial charge is 0.507 e. The van der Waals surface area contributed by atoms with E-state index in [1.54, 1.807) is 6.92 Å². The summed E-state index contributed by atoms with van der Waals surface area (Å²) in [4.78, 5) is 34.0. The van der Waals surface area contributed by atoms with E-state index in [-0.39, 0.29) is 17.7 Å². The molecule has 0 fully saturated rings. The number of H-pyrrole nitrogens is 1. The number of ether oxygens (including phenoxy) is 1. The Bertz CT molecular complexity index is 810. The maximum Gasteiger partial charge on any atom is 0.306 e. The summed E-state index contributed by atoms with van der Waals surface area (Å²) in [5.74, 6) is -1.21. The average Bonchev–Trinajstić information content (AvgIpc) is 2.87. The van der Waals surface area contributed by atoms with Crippen LogP contribution in [0.1, 0.15) is 34.2 Å². The molecule has 130 valence electrons. The molecule has 0 saturated heterocycles. The molecule has 0 aliphatic carbocycles. The van der Waals surface area contributed by atoms with Crippen LogP contribution in [0.15, 0.2) is 10.9 Å². The fourth-order valence-electron chi connectivity index (χ4n) is 2.50. The topological polar surface area (TPSA) is 95.5 Å². The van der Waals surface area contributed by atoms with E-state index in [0.717, 1.165) is 15.7 Å². The number of carbonyl (C=O) groups is 1. The summed E-state index contributed by atoms with van der Waals surface area (Å²) in [6.07, 6.45) is -0.0495. The number of aryl methyl sites for hydroxylation is 2. The number of esters is 1. The van der Waals surface area contributed by atoms with Crippen LogP contribution in [0.3, 0.4) is 0 Å². The van der Waals surface area contributed by atoms with Crippen molar-refractivity contribution in [3.63, 3.8) is 0 Å². The zero-order valence-electron chi connectivity index (χ0n) is 14.3. The molecule has 8 heteroatoms. The van der Waals surface area contributed by atoms with Crippen LogP contribution >= 0.6 is 11.3 Å². The van der Waals surface area contributed by atoms with Crippen molar-refractivity contribution in [2.24, 2.45) is 0 Å². The summed E-state index contributed by atoms with van der Waals surface area (Å²) >= 11 is 1.39. The molecule has 0 saturated carbocycles. The summed E-state index contributed by atoms with van der Waals surface area (Å²) in [6, 6.07) is 1.48. The SMILES string of the molecule is COC(=O)C[C@H](c1sc(N(C)C)nc1C)c1c(O)cc(C)[nH]c1=O. The van der Waals surface area contributed by atoms with Crippen LogP contribution in [0.4, 0.5) is 5.13 Å². The van der Waals surface area contributed by atoms with Gasteiger partial charge in [0, 0.05) is 30.6 Å². The molecule has 2 N–H and O–H groups in total. The van der Waals surface area contributed by atoms with E-state index < -0.39 is 17.4 Å². The lowest BCUT2D eigenvalue weighted by atomic mass is 9.93. The first-order valence-electron chi connectivity index (χ1n) is 7.38. The predicted octanol–water partition coefficient (Wildman–Crippen LogP) is 1.91. The van der Waals surface area contributed by atoms with Gasteiger partial charge in [0.25, 0.3) is 5.56 Å². The van der Waals surface area contributed by atoms with Gasteiger partial charge in [-0.15, -0.1) is 11.3 Å². The quantitative estimate of drug-likeness (QED) is 0.799. The number of nitrogens with zero attached hydrogens (tertiary/aromatic N) is 2. The summed E-state index contributed by atoms with van der Waals surface area (Å²) in [5.41, 5.74) is 1.01. The Morgan fingerprint density at radius 1 is 1.46 bits per heavy atom. The minimum Gasteiger partial charge on any atom is -0.507 e. The highest BCUT2D eigenvalue weighted by Crippen LogP contribution is 2.38. The molecule has 0 radical (unpaired) electrons. The van der Waals surface area contributed by atoms with Crippen LogP contribution in [-0.4, -0.2) is 42.2 Å². The van der Waals surface area contributed by atoms with Crippen molar-refractivity contribution >= 4 is 22.4 Å². The van der Waals surface area contributed by atoms with Crippen LogP contribution in [-0.2, 0) is 9.53 Å². The van der Waals surface area contributed by atoms with Crippen LogP contribution in [0.2, 0.25) is 0 Å². The number of rotatable bonds is 5. The molecule has 7 nitrogen and oxygen atoms in total. The van der Waals surface area contributed by atoms with Crippen molar-refractivity contribution in [1.29, 1.82) is 0 Å². The highest BCUT2D eigenvalue weighted by atomic mass is 32.1. The lowest BCUT2D eigenvalue weighted by Gasteiger charge is -2.16. The molecule has 0 aliphatic rings. The highest BCUT2D eigenvalue weighted by molar-refractivity contribution is 7.15. The predicted molar refractivity (Wildman–Crippen MR) is 93.1 cm³/mol. The Morgan fingerprint density at radius 3 is 2.62 bits per heavy atom. The van der Waals surface area contributed by atoms with Crippen molar-refractivity contribution in [3.8, 4) is 5.75 Å². The number of carbonyl (C=O) groups excluding carboxylic acids is 1. The average molecular weight is 351 g/mol. The van der Waals surface area contributed by atoms with Gasteiger partial charge in [-0.05, 0) is 19.9 Å². The van der Waals surface area contributed by atoms with Crippen LogP contribution < -0.4 is 10.5 Å². The van der Waals surface area contributed by atoms with Gasteiger partial charge in [-0.1, -0.05) is 0 Å². The standard InChI is InChI=1S/C16H21N3O4S/c1-8-6-11(20)13(15(22)17-8)10(7-12(21)23-5)14-9(2)18-16(24-14)19(3)4/h6,10H,7H2,1-5H3,(H2,17,20,22)/t10-/m0/s1. The van der Waals surface area contributed by atoms with Crippen molar-refractivity contribution in [2.75, 3.05) is 26.1 Å². The van der Waals surface area contributed by atoms with E-state index in [1.165, 1.54) is 24.5 Å². The summed E-state index contributed by atoms with van der Waals surface area (Å²) < 4.78 is 4.76. The van der Waals surface area contributed by atoms with Gasteiger partial charge in [0.15, 0.2) is 5.13 Å². The number of nitrogens with one attached hydrogen (secondary N) is 1. The van der Waals surface area contributed by atoms with Gasteiger partial charge in [-0.3, -0.25) is 9.59 Å². The van der Waals surface area contributed by atoms with E-state index in [1.807, 2.05) is 25.9 Å². The lowest BCUT2D eigenvalue weighted by molar-refractivity contribution is -0.140. The number of hydrogen-bond donors (Lipinski definition) is 2. The summed E-state index contributed by atoms with van der Waals surface area (Å²) in [5, 5.41) is 11.1. The van der Waals surface area contributed by atoms with Gasteiger partial charge in [0.05, 0.1) is 24.8 Å². The summed E-state index contributed by atoms with van der Waals surface area (Å²) in [7, 11) is 5.03. The number of aromatic nitrogens is 2. The second-order valence-corrected chi connectivity index (χ2v) is 6.76. The minimum absolute atomic E-state index is 0.0495. The van der Waals surface area contributed by atoms with E-state index in [0.29, 0.717) is 5.69 Å². The maximum atomic E-state index is 12.4. The van der Waals surface area contributed by atoms with Gasteiger partial charge in [0.1, 0.15) is 5.75 Å². The van der Waals surface area contributed by atoms with Gasteiger partial charge in [0.2, 0.25) is 0 Å². The van der Waals surface area contributed by atoms with E-state index in [9.17, 15) is 14.7 Å². The van der Waals surface area contributed by atoms with Crippen LogP contribution in [0.25, 0.3) is 0 Å². The second kappa shape index (κ2) is 7.04. The molecule has 24 heavy (non-hydrogen) atoms. The number of methoxy groups -OCH3 is 1. The monoisotopic (exact) mass is 351 g/mol. The highest BCUT2D eigenvalue weighted by Gasteiger charge is 2.29. The molecule has 0 bridgehead atoms. The number of anilines is 1. The molecule has 0 aliphatic heterocycles. The van der Waals surface area contributed by atoms with Gasteiger partial charge >= 0.3 is 5.97 Å². The molecule has 0 unspecified atom stereocenters. The molecule has 2 aromatic heterocycles. The Balaban J connectivity index is 2.62. The molecule has 2 rings (SSSR count). The van der Waals surface area contributed by atoms with Gasteiger partial charge < -0.3 is 19.7 Å². The van der Waals surface area contributed by atoms with Gasteiger partial charge in [-0.2, -0.15) is 0 Å². The number of thiazole rings is 1. The van der Waals surface area contributed by atoms with Crippen LogP contribution in [0, 0.1) is 13.8 Å². The normalized spacial score (nSPS) is 12.0. The first-order chi connectivity index (χ1) is 11.2. The fraction of sp³-hybridized carbons (Fsp3) is 0.438. The third kappa shape index (κ3) is 3.59. The Morgan fingerprint density at radius 2 is 2.12 bits per heavy atom. The summed E-state index contributed by atoms with van der Waals surface area (Å²) in [6.45, 7) is 3.50. The Labute approximate surface area is 143 Å². The van der Waals surface area contributed by atoms with Crippen molar-refractivity contribution in [2.45, 2.75) is 26.2 Å². The molecule has 2 heterocycles.